The number of alkyl halides is 1. The van der Waals surface area contributed by atoms with Gasteiger partial charge >= 0.3 is 0 Å². The van der Waals surface area contributed by atoms with Gasteiger partial charge in [-0.25, -0.2) is 4.98 Å². The lowest BCUT2D eigenvalue weighted by atomic mass is 10.1. The van der Waals surface area contributed by atoms with E-state index in [0.29, 0.717) is 11.9 Å². The standard InChI is InChI=1S/C17H19ClN2O/c1-12-5-3-7-15-17(12)20(16(11-18)19-15)13(2)8-9-14-6-4-10-21-14/h3-7,10,13H,8-9,11H2,1-2H3. The van der Waals surface area contributed by atoms with Gasteiger partial charge in [0.05, 0.1) is 23.2 Å². The molecule has 3 aromatic rings. The molecule has 4 heteroatoms. The zero-order valence-corrected chi connectivity index (χ0v) is 13.1. The van der Waals surface area contributed by atoms with Gasteiger partial charge in [-0.2, -0.15) is 0 Å². The molecule has 3 nitrogen and oxygen atoms in total. The van der Waals surface area contributed by atoms with Crippen LogP contribution in [0, 0.1) is 6.92 Å². The fourth-order valence-electron chi connectivity index (χ4n) is 2.87. The molecule has 3 rings (SSSR count). The molecular weight excluding hydrogens is 284 g/mol. The summed E-state index contributed by atoms with van der Waals surface area (Å²) in [7, 11) is 0. The van der Waals surface area contributed by atoms with Crippen molar-refractivity contribution in [3.8, 4) is 0 Å². The van der Waals surface area contributed by atoms with Crippen LogP contribution in [0.3, 0.4) is 0 Å². The summed E-state index contributed by atoms with van der Waals surface area (Å²) in [6, 6.07) is 10.5. The van der Waals surface area contributed by atoms with Crippen LogP contribution >= 0.6 is 11.6 Å². The summed E-state index contributed by atoms with van der Waals surface area (Å²) in [6.07, 6.45) is 3.64. The third-order valence-electron chi connectivity index (χ3n) is 3.93. The van der Waals surface area contributed by atoms with Crippen molar-refractivity contribution in [1.82, 2.24) is 9.55 Å². The molecule has 0 bridgehead atoms. The Morgan fingerprint density at radius 1 is 1.29 bits per heavy atom. The molecule has 0 aliphatic heterocycles. The molecule has 1 unspecified atom stereocenters. The average Bonchev–Trinajstić information content (AvgIpc) is 3.12. The first-order valence-corrected chi connectivity index (χ1v) is 7.79. The molecule has 21 heavy (non-hydrogen) atoms. The summed E-state index contributed by atoms with van der Waals surface area (Å²) >= 11 is 6.10. The predicted molar refractivity (Wildman–Crippen MR) is 85.8 cm³/mol. The summed E-state index contributed by atoms with van der Waals surface area (Å²) < 4.78 is 7.70. The Labute approximate surface area is 129 Å². The van der Waals surface area contributed by atoms with E-state index in [9.17, 15) is 0 Å². The van der Waals surface area contributed by atoms with E-state index in [1.54, 1.807) is 6.26 Å². The van der Waals surface area contributed by atoms with Crippen LogP contribution in [0.15, 0.2) is 41.0 Å². The van der Waals surface area contributed by atoms with Gasteiger partial charge in [-0.3, -0.25) is 0 Å². The number of aryl methyl sites for hydroxylation is 2. The third kappa shape index (κ3) is 2.70. The van der Waals surface area contributed by atoms with Crippen molar-refractivity contribution in [2.75, 3.05) is 0 Å². The van der Waals surface area contributed by atoms with Crippen molar-refractivity contribution < 1.29 is 4.42 Å². The van der Waals surface area contributed by atoms with E-state index >= 15 is 0 Å². The molecule has 0 N–H and O–H groups in total. The lowest BCUT2D eigenvalue weighted by Crippen LogP contribution is -2.10. The highest BCUT2D eigenvalue weighted by Gasteiger charge is 2.17. The molecule has 0 saturated carbocycles. The molecule has 0 spiro atoms. The number of rotatable bonds is 5. The Kier molecular flexibility index (Phi) is 4.02. The molecule has 0 aliphatic carbocycles. The summed E-state index contributed by atoms with van der Waals surface area (Å²) in [6.45, 7) is 4.34. The molecule has 0 saturated heterocycles. The van der Waals surface area contributed by atoms with Crippen molar-refractivity contribution in [3.63, 3.8) is 0 Å². The minimum atomic E-state index is 0.329. The number of para-hydroxylation sites is 1. The molecule has 0 fully saturated rings. The van der Waals surface area contributed by atoms with Crippen LogP contribution in [0.4, 0.5) is 0 Å². The van der Waals surface area contributed by atoms with Crippen LogP contribution in [0.1, 0.15) is 36.5 Å². The molecule has 1 atom stereocenters. The molecule has 110 valence electrons. The van der Waals surface area contributed by atoms with Gasteiger partial charge in [-0.1, -0.05) is 12.1 Å². The smallest absolute Gasteiger partial charge is 0.125 e. The van der Waals surface area contributed by atoms with Gasteiger partial charge in [0.2, 0.25) is 0 Å². The molecule has 1 aromatic carbocycles. The number of fused-ring (bicyclic) bond motifs is 1. The number of aromatic nitrogens is 2. The normalized spacial score (nSPS) is 12.9. The SMILES string of the molecule is Cc1cccc2nc(CCl)n(C(C)CCc3ccco3)c12. The van der Waals surface area contributed by atoms with Gasteiger partial charge < -0.3 is 8.98 Å². The van der Waals surface area contributed by atoms with Crippen molar-refractivity contribution in [2.45, 2.75) is 38.6 Å². The second kappa shape index (κ2) is 5.94. The topological polar surface area (TPSA) is 31.0 Å². The minimum absolute atomic E-state index is 0.329. The van der Waals surface area contributed by atoms with E-state index < -0.39 is 0 Å². The fourth-order valence-corrected chi connectivity index (χ4v) is 3.06. The molecule has 0 radical (unpaired) electrons. The first-order chi connectivity index (χ1) is 10.2. The van der Waals surface area contributed by atoms with Gasteiger partial charge in [0.25, 0.3) is 0 Å². The highest BCUT2D eigenvalue weighted by Crippen LogP contribution is 2.27. The number of benzene rings is 1. The second-order valence-corrected chi connectivity index (χ2v) is 5.71. The second-order valence-electron chi connectivity index (χ2n) is 5.44. The summed E-state index contributed by atoms with van der Waals surface area (Å²) in [5, 5.41) is 0. The van der Waals surface area contributed by atoms with Crippen LogP contribution in [0.25, 0.3) is 11.0 Å². The zero-order chi connectivity index (χ0) is 14.8. The van der Waals surface area contributed by atoms with E-state index in [-0.39, 0.29) is 0 Å². The molecule has 2 heterocycles. The Morgan fingerprint density at radius 3 is 2.86 bits per heavy atom. The molecular formula is C17H19ClN2O. The highest BCUT2D eigenvalue weighted by molar-refractivity contribution is 6.16. The molecule has 0 amide bonds. The van der Waals surface area contributed by atoms with Crippen LogP contribution in [-0.2, 0) is 12.3 Å². The highest BCUT2D eigenvalue weighted by atomic mass is 35.5. The fraction of sp³-hybridized carbons (Fsp3) is 0.353. The number of nitrogens with zero attached hydrogens (tertiary/aromatic N) is 2. The zero-order valence-electron chi connectivity index (χ0n) is 12.3. The van der Waals surface area contributed by atoms with Crippen LogP contribution in [-0.4, -0.2) is 9.55 Å². The van der Waals surface area contributed by atoms with Crippen LogP contribution in [0.5, 0.6) is 0 Å². The van der Waals surface area contributed by atoms with Gasteiger partial charge in [-0.15, -0.1) is 11.6 Å². The number of imidazole rings is 1. The van der Waals surface area contributed by atoms with Crippen molar-refractivity contribution in [1.29, 1.82) is 0 Å². The van der Waals surface area contributed by atoms with Crippen molar-refractivity contribution >= 4 is 22.6 Å². The third-order valence-corrected chi connectivity index (χ3v) is 4.17. The number of furan rings is 1. The first kappa shape index (κ1) is 14.2. The summed E-state index contributed by atoms with van der Waals surface area (Å²) in [4.78, 5) is 4.67. The maximum Gasteiger partial charge on any atom is 0.125 e. The van der Waals surface area contributed by atoms with Crippen molar-refractivity contribution in [2.24, 2.45) is 0 Å². The summed E-state index contributed by atoms with van der Waals surface area (Å²) in [5.41, 5.74) is 3.46. The lowest BCUT2D eigenvalue weighted by molar-refractivity contribution is 0.452. The molecule has 2 aromatic heterocycles. The summed E-state index contributed by atoms with van der Waals surface area (Å²) in [5.74, 6) is 2.39. The van der Waals surface area contributed by atoms with E-state index in [4.69, 9.17) is 16.0 Å². The Bertz CT molecular complexity index is 731. The number of hydrogen-bond acceptors (Lipinski definition) is 2. The van der Waals surface area contributed by atoms with Crippen molar-refractivity contribution in [3.05, 3.63) is 53.7 Å². The predicted octanol–water partition coefficient (Wildman–Crippen LogP) is 4.87. The maximum absolute atomic E-state index is 6.10. The quantitative estimate of drug-likeness (QED) is 0.630. The minimum Gasteiger partial charge on any atom is -0.469 e. The van der Waals surface area contributed by atoms with Gasteiger partial charge in [-0.05, 0) is 44.0 Å². The average molecular weight is 303 g/mol. The van der Waals surface area contributed by atoms with E-state index in [1.165, 1.54) is 11.1 Å². The first-order valence-electron chi connectivity index (χ1n) is 7.25. The van der Waals surface area contributed by atoms with Gasteiger partial charge in [0.1, 0.15) is 11.6 Å². The van der Waals surface area contributed by atoms with Gasteiger partial charge in [0.15, 0.2) is 0 Å². The number of halogens is 1. The van der Waals surface area contributed by atoms with E-state index in [0.717, 1.165) is 29.9 Å². The Morgan fingerprint density at radius 2 is 2.14 bits per heavy atom. The Balaban J connectivity index is 1.94. The van der Waals surface area contributed by atoms with Gasteiger partial charge in [0, 0.05) is 12.5 Å². The van der Waals surface area contributed by atoms with E-state index in [2.05, 4.69) is 29.5 Å². The molecule has 0 aliphatic rings. The largest absolute Gasteiger partial charge is 0.469 e. The monoisotopic (exact) mass is 302 g/mol. The number of hydrogen-bond donors (Lipinski definition) is 0. The van der Waals surface area contributed by atoms with E-state index in [1.807, 2.05) is 24.3 Å². The lowest BCUT2D eigenvalue weighted by Gasteiger charge is -2.17. The van der Waals surface area contributed by atoms with Crippen LogP contribution in [0.2, 0.25) is 0 Å². The Hall–Kier alpha value is -1.74. The van der Waals surface area contributed by atoms with Crippen LogP contribution < -0.4 is 0 Å². The maximum atomic E-state index is 6.10.